The fourth-order valence-electron chi connectivity index (χ4n) is 3.63. The lowest BCUT2D eigenvalue weighted by atomic mass is 10.1. The number of nitrogens with zero attached hydrogens (tertiary/aromatic N) is 1. The molecular weight excluding hydrogens is 358 g/mol. The topological polar surface area (TPSA) is 46.6 Å². The van der Waals surface area contributed by atoms with E-state index in [1.165, 1.54) is 9.87 Å². The first-order valence-corrected chi connectivity index (χ1v) is 10.4. The molecule has 1 heterocycles. The van der Waals surface area contributed by atoms with Gasteiger partial charge in [0.05, 0.1) is 17.6 Å². The van der Waals surface area contributed by atoms with Crippen molar-refractivity contribution in [1.82, 2.24) is 4.31 Å². The molecule has 2 aromatic carbocycles. The lowest BCUT2D eigenvalue weighted by Gasteiger charge is -2.32. The number of sulfonamides is 1. The Bertz CT molecular complexity index is 897. The number of hydrogen-bond acceptors (Lipinski definition) is 3. The quantitative estimate of drug-likeness (QED) is 0.821. The van der Waals surface area contributed by atoms with Crippen LogP contribution in [0.1, 0.15) is 29.2 Å². The SMILES string of the molecule is O=S(=O)(c1ccc2c(c1)CCC2)N1CCOC(c2ccccc2Cl)C1. The van der Waals surface area contributed by atoms with Crippen LogP contribution in [0, 0.1) is 0 Å². The summed E-state index contributed by atoms with van der Waals surface area (Å²) in [6, 6.07) is 13.0. The minimum Gasteiger partial charge on any atom is -0.371 e. The van der Waals surface area contributed by atoms with E-state index in [0.29, 0.717) is 23.1 Å². The molecule has 1 fully saturated rings. The van der Waals surface area contributed by atoms with Crippen molar-refractivity contribution in [3.05, 3.63) is 64.2 Å². The van der Waals surface area contributed by atoms with Gasteiger partial charge in [-0.05, 0) is 48.6 Å². The predicted octanol–water partition coefficient (Wildman–Crippen LogP) is 3.59. The number of benzene rings is 2. The van der Waals surface area contributed by atoms with Crippen LogP contribution in [0.4, 0.5) is 0 Å². The van der Waals surface area contributed by atoms with Crippen LogP contribution >= 0.6 is 11.6 Å². The van der Waals surface area contributed by atoms with Crippen LogP contribution in [0.15, 0.2) is 47.4 Å². The van der Waals surface area contributed by atoms with E-state index in [0.717, 1.165) is 30.4 Å². The first kappa shape index (κ1) is 17.0. The first-order valence-electron chi connectivity index (χ1n) is 8.54. The van der Waals surface area contributed by atoms with Crippen molar-refractivity contribution >= 4 is 21.6 Å². The van der Waals surface area contributed by atoms with Crippen LogP contribution in [0.2, 0.25) is 5.02 Å². The molecule has 1 saturated heterocycles. The average Bonchev–Trinajstić information content (AvgIpc) is 3.10. The summed E-state index contributed by atoms with van der Waals surface area (Å²) >= 11 is 6.25. The van der Waals surface area contributed by atoms with Gasteiger partial charge in [-0.1, -0.05) is 35.9 Å². The van der Waals surface area contributed by atoms with Gasteiger partial charge in [-0.25, -0.2) is 8.42 Å². The van der Waals surface area contributed by atoms with E-state index in [4.69, 9.17) is 16.3 Å². The summed E-state index contributed by atoms with van der Waals surface area (Å²) < 4.78 is 33.5. The van der Waals surface area contributed by atoms with Gasteiger partial charge in [0, 0.05) is 23.7 Å². The monoisotopic (exact) mass is 377 g/mol. The number of halogens is 1. The van der Waals surface area contributed by atoms with E-state index in [2.05, 4.69) is 0 Å². The van der Waals surface area contributed by atoms with Crippen molar-refractivity contribution in [2.24, 2.45) is 0 Å². The minimum atomic E-state index is -3.53. The molecule has 0 N–H and O–H groups in total. The second-order valence-corrected chi connectivity index (χ2v) is 8.87. The van der Waals surface area contributed by atoms with Gasteiger partial charge in [-0.2, -0.15) is 4.31 Å². The van der Waals surface area contributed by atoms with Crippen LogP contribution in [0.25, 0.3) is 0 Å². The van der Waals surface area contributed by atoms with Crippen molar-refractivity contribution in [3.8, 4) is 0 Å². The van der Waals surface area contributed by atoms with Crippen molar-refractivity contribution in [2.75, 3.05) is 19.7 Å². The van der Waals surface area contributed by atoms with Crippen molar-refractivity contribution in [2.45, 2.75) is 30.3 Å². The van der Waals surface area contributed by atoms with E-state index in [-0.39, 0.29) is 12.6 Å². The summed E-state index contributed by atoms with van der Waals surface area (Å²) in [6.45, 7) is 1.00. The van der Waals surface area contributed by atoms with Gasteiger partial charge >= 0.3 is 0 Å². The average molecular weight is 378 g/mol. The summed E-state index contributed by atoms with van der Waals surface area (Å²) in [4.78, 5) is 0.382. The van der Waals surface area contributed by atoms with Crippen molar-refractivity contribution < 1.29 is 13.2 Å². The molecule has 4 rings (SSSR count). The number of fused-ring (bicyclic) bond motifs is 1. The molecule has 6 heteroatoms. The maximum Gasteiger partial charge on any atom is 0.243 e. The first-order chi connectivity index (χ1) is 12.1. The number of rotatable bonds is 3. The summed E-state index contributed by atoms with van der Waals surface area (Å²) in [6.07, 6.45) is 2.77. The number of morpholine rings is 1. The molecule has 1 atom stereocenters. The molecule has 25 heavy (non-hydrogen) atoms. The van der Waals surface area contributed by atoms with Crippen LogP contribution in [0.3, 0.4) is 0 Å². The smallest absolute Gasteiger partial charge is 0.243 e. The second-order valence-electron chi connectivity index (χ2n) is 6.53. The zero-order valence-corrected chi connectivity index (χ0v) is 15.4. The predicted molar refractivity (Wildman–Crippen MR) is 97.4 cm³/mol. The Hall–Kier alpha value is -1.40. The molecule has 0 radical (unpaired) electrons. The molecule has 1 aliphatic heterocycles. The molecule has 1 unspecified atom stereocenters. The molecular formula is C19H20ClNO3S. The molecule has 1 aliphatic carbocycles. The summed E-state index contributed by atoms with van der Waals surface area (Å²) in [5.41, 5.74) is 3.27. The Kier molecular flexibility index (Phi) is 4.58. The van der Waals surface area contributed by atoms with Gasteiger partial charge in [0.1, 0.15) is 0 Å². The summed E-state index contributed by atoms with van der Waals surface area (Å²) in [7, 11) is -3.53. The highest BCUT2D eigenvalue weighted by Crippen LogP contribution is 2.32. The van der Waals surface area contributed by atoms with Gasteiger partial charge in [-0.3, -0.25) is 0 Å². The van der Waals surface area contributed by atoms with Crippen molar-refractivity contribution in [1.29, 1.82) is 0 Å². The van der Waals surface area contributed by atoms with Gasteiger partial charge in [0.15, 0.2) is 0 Å². The Labute approximate surface area is 153 Å². The van der Waals surface area contributed by atoms with Gasteiger partial charge in [0.2, 0.25) is 10.0 Å². The summed E-state index contributed by atoms with van der Waals surface area (Å²) in [5, 5.41) is 0.601. The molecule has 0 spiro atoms. The molecule has 0 saturated carbocycles. The molecule has 4 nitrogen and oxygen atoms in total. The molecule has 132 valence electrons. The number of hydrogen-bond donors (Lipinski definition) is 0. The zero-order valence-electron chi connectivity index (χ0n) is 13.8. The van der Waals surface area contributed by atoms with Crippen molar-refractivity contribution in [3.63, 3.8) is 0 Å². The summed E-state index contributed by atoms with van der Waals surface area (Å²) in [5.74, 6) is 0. The minimum absolute atomic E-state index is 0.281. The normalized spacial score (nSPS) is 21.2. The van der Waals surface area contributed by atoms with Crippen LogP contribution in [0.5, 0.6) is 0 Å². The fourth-order valence-corrected chi connectivity index (χ4v) is 5.36. The Morgan fingerprint density at radius 3 is 2.72 bits per heavy atom. The highest BCUT2D eigenvalue weighted by molar-refractivity contribution is 7.89. The van der Waals surface area contributed by atoms with Gasteiger partial charge < -0.3 is 4.74 Å². The fraction of sp³-hybridized carbons (Fsp3) is 0.368. The Morgan fingerprint density at radius 1 is 1.08 bits per heavy atom. The molecule has 2 aromatic rings. The standard InChI is InChI=1S/C19H20ClNO3S/c20-18-7-2-1-6-17(18)19-13-21(10-11-24-19)25(22,23)16-9-8-14-4-3-5-15(14)12-16/h1-2,6-9,12,19H,3-5,10-11,13H2. The number of aryl methyl sites for hydroxylation is 2. The van der Waals surface area contributed by atoms with Gasteiger partial charge in [-0.15, -0.1) is 0 Å². The van der Waals surface area contributed by atoms with E-state index >= 15 is 0 Å². The highest BCUT2D eigenvalue weighted by Gasteiger charge is 2.32. The van der Waals surface area contributed by atoms with E-state index < -0.39 is 10.0 Å². The Balaban J connectivity index is 1.61. The number of ether oxygens (including phenoxy) is 1. The zero-order chi connectivity index (χ0) is 17.4. The van der Waals surface area contributed by atoms with Crippen LogP contribution in [-0.2, 0) is 27.6 Å². The lowest BCUT2D eigenvalue weighted by molar-refractivity contribution is -0.00249. The van der Waals surface area contributed by atoms with E-state index in [1.54, 1.807) is 12.1 Å². The van der Waals surface area contributed by atoms with Crippen LogP contribution < -0.4 is 0 Å². The lowest BCUT2D eigenvalue weighted by Crippen LogP contribution is -2.42. The molecule has 0 amide bonds. The second kappa shape index (κ2) is 6.72. The Morgan fingerprint density at radius 2 is 1.88 bits per heavy atom. The highest BCUT2D eigenvalue weighted by atomic mass is 35.5. The van der Waals surface area contributed by atoms with E-state index in [1.807, 2.05) is 30.3 Å². The maximum absolute atomic E-state index is 13.1. The molecule has 0 bridgehead atoms. The van der Waals surface area contributed by atoms with Gasteiger partial charge in [0.25, 0.3) is 0 Å². The third-order valence-corrected chi connectivity index (χ3v) is 7.19. The third kappa shape index (κ3) is 3.22. The maximum atomic E-state index is 13.1. The molecule has 2 aliphatic rings. The molecule has 0 aromatic heterocycles. The van der Waals surface area contributed by atoms with E-state index in [9.17, 15) is 8.42 Å². The third-order valence-electron chi connectivity index (χ3n) is 4.99. The van der Waals surface area contributed by atoms with Crippen LogP contribution in [-0.4, -0.2) is 32.4 Å². The largest absolute Gasteiger partial charge is 0.371 e.